The van der Waals surface area contributed by atoms with Crippen molar-refractivity contribution in [3.8, 4) is 0 Å². The Morgan fingerprint density at radius 3 is 2.74 bits per heavy atom. The molecule has 1 aromatic carbocycles. The molecule has 0 saturated carbocycles. The minimum Gasteiger partial charge on any atom is -0.321 e. The lowest BCUT2D eigenvalue weighted by atomic mass is 10.2. The summed E-state index contributed by atoms with van der Waals surface area (Å²) in [6.07, 6.45) is 3.62. The number of carbonyl (C=O) groups excluding carboxylic acids is 1. The molecule has 2 amide bonds. The summed E-state index contributed by atoms with van der Waals surface area (Å²) in [5.74, 6) is 0.651. The summed E-state index contributed by atoms with van der Waals surface area (Å²) in [6, 6.07) is 9.76. The van der Waals surface area contributed by atoms with Crippen LogP contribution in [0.5, 0.6) is 0 Å². The highest BCUT2D eigenvalue weighted by Gasteiger charge is 2.27. The number of benzene rings is 1. The summed E-state index contributed by atoms with van der Waals surface area (Å²) in [5, 5.41) is 5.77. The Bertz CT molecular complexity index is 436. The van der Waals surface area contributed by atoms with Crippen molar-refractivity contribution in [2.75, 3.05) is 25.5 Å². The maximum Gasteiger partial charge on any atom is 0.340 e. The number of alkyl halides is 1. The number of amides is 2. The van der Waals surface area contributed by atoms with E-state index in [0.29, 0.717) is 12.4 Å². The zero-order valence-corrected chi connectivity index (χ0v) is 11.6. The van der Waals surface area contributed by atoms with Gasteiger partial charge in [-0.25, -0.2) is 9.80 Å². The first-order valence-corrected chi connectivity index (χ1v) is 7.06. The van der Waals surface area contributed by atoms with Crippen molar-refractivity contribution in [1.29, 1.82) is 0 Å². The average Bonchev–Trinajstić information content (AvgIpc) is 2.79. The summed E-state index contributed by atoms with van der Waals surface area (Å²) < 4.78 is 0. The third kappa shape index (κ3) is 3.96. The normalized spacial score (nSPS) is 15.7. The van der Waals surface area contributed by atoms with Gasteiger partial charge in [0.2, 0.25) is 0 Å². The van der Waals surface area contributed by atoms with Crippen LogP contribution in [0.4, 0.5) is 4.79 Å². The van der Waals surface area contributed by atoms with Crippen molar-refractivity contribution in [3.05, 3.63) is 35.9 Å². The Kier molecular flexibility index (Phi) is 5.21. The number of urea groups is 1. The van der Waals surface area contributed by atoms with Crippen molar-refractivity contribution in [2.24, 2.45) is 5.10 Å². The smallest absolute Gasteiger partial charge is 0.321 e. The van der Waals surface area contributed by atoms with Crippen molar-refractivity contribution in [3.63, 3.8) is 0 Å². The molecule has 0 bridgehead atoms. The van der Waals surface area contributed by atoms with Gasteiger partial charge in [-0.05, 0) is 18.4 Å². The highest BCUT2D eigenvalue weighted by atomic mass is 35.5. The first-order chi connectivity index (χ1) is 9.31. The van der Waals surface area contributed by atoms with Gasteiger partial charge in [0, 0.05) is 19.0 Å². The predicted octanol–water partition coefficient (Wildman–Crippen LogP) is 2.78. The number of nitrogens with zero attached hydrogens (tertiary/aromatic N) is 3. The molecular weight excluding hydrogens is 262 g/mol. The number of hydrogen-bond acceptors (Lipinski definition) is 2. The van der Waals surface area contributed by atoms with E-state index in [-0.39, 0.29) is 6.03 Å². The molecule has 0 radical (unpaired) electrons. The van der Waals surface area contributed by atoms with Gasteiger partial charge in [0.1, 0.15) is 0 Å². The Balaban J connectivity index is 1.86. The summed E-state index contributed by atoms with van der Waals surface area (Å²) in [4.78, 5) is 13.9. The SMILES string of the molecule is O=C1N(CCCCCl)CCN1N=Cc1ccccc1. The molecule has 0 atom stereocenters. The van der Waals surface area contributed by atoms with Gasteiger partial charge in [-0.2, -0.15) is 5.10 Å². The molecule has 102 valence electrons. The van der Waals surface area contributed by atoms with Gasteiger partial charge in [-0.3, -0.25) is 0 Å². The van der Waals surface area contributed by atoms with E-state index in [1.54, 1.807) is 6.21 Å². The molecule has 5 heteroatoms. The molecule has 4 nitrogen and oxygen atoms in total. The van der Waals surface area contributed by atoms with Crippen LogP contribution in [0.3, 0.4) is 0 Å². The van der Waals surface area contributed by atoms with Gasteiger partial charge in [0.25, 0.3) is 0 Å². The van der Waals surface area contributed by atoms with Crippen LogP contribution in [0.25, 0.3) is 0 Å². The number of halogens is 1. The zero-order valence-electron chi connectivity index (χ0n) is 10.8. The molecule has 0 spiro atoms. The van der Waals surface area contributed by atoms with Gasteiger partial charge in [-0.15, -0.1) is 11.6 Å². The summed E-state index contributed by atoms with van der Waals surface area (Å²) in [7, 11) is 0. The topological polar surface area (TPSA) is 35.9 Å². The third-order valence-corrected chi connectivity index (χ3v) is 3.30. The molecule has 0 aliphatic carbocycles. The molecule has 0 N–H and O–H groups in total. The summed E-state index contributed by atoms with van der Waals surface area (Å²) >= 11 is 5.63. The minimum absolute atomic E-state index is 0.0123. The number of hydrazone groups is 1. The lowest BCUT2D eigenvalue weighted by molar-refractivity contribution is 0.193. The maximum atomic E-state index is 12.0. The Hall–Kier alpha value is -1.55. The Morgan fingerprint density at radius 1 is 1.21 bits per heavy atom. The molecule has 1 saturated heterocycles. The number of rotatable bonds is 6. The van der Waals surface area contributed by atoms with E-state index in [9.17, 15) is 4.79 Å². The second-order valence-electron chi connectivity index (χ2n) is 4.44. The fourth-order valence-electron chi connectivity index (χ4n) is 1.96. The van der Waals surface area contributed by atoms with Gasteiger partial charge >= 0.3 is 6.03 Å². The van der Waals surface area contributed by atoms with E-state index in [1.165, 1.54) is 5.01 Å². The molecule has 2 rings (SSSR count). The number of carbonyl (C=O) groups is 1. The lowest BCUT2D eigenvalue weighted by Gasteiger charge is -2.14. The van der Waals surface area contributed by atoms with Gasteiger partial charge in [0.05, 0.1) is 12.8 Å². The molecule has 1 aromatic rings. The minimum atomic E-state index is -0.0123. The van der Waals surface area contributed by atoms with Crippen LogP contribution in [-0.2, 0) is 0 Å². The fourth-order valence-corrected chi connectivity index (χ4v) is 2.15. The van der Waals surface area contributed by atoms with E-state index < -0.39 is 0 Å². The van der Waals surface area contributed by atoms with Crippen LogP contribution in [0.15, 0.2) is 35.4 Å². The molecule has 19 heavy (non-hydrogen) atoms. The first-order valence-electron chi connectivity index (χ1n) is 6.52. The predicted molar refractivity (Wildman–Crippen MR) is 77.7 cm³/mol. The molecule has 0 unspecified atom stereocenters. The molecule has 0 aromatic heterocycles. The molecule has 1 aliphatic heterocycles. The van der Waals surface area contributed by atoms with Crippen molar-refractivity contribution < 1.29 is 4.79 Å². The molecule has 1 aliphatic rings. The van der Waals surface area contributed by atoms with Crippen molar-refractivity contribution in [1.82, 2.24) is 9.91 Å². The van der Waals surface area contributed by atoms with Gasteiger partial charge < -0.3 is 4.90 Å². The lowest BCUT2D eigenvalue weighted by Crippen LogP contribution is -2.30. The van der Waals surface area contributed by atoms with Crippen molar-refractivity contribution >= 4 is 23.8 Å². The maximum absolute atomic E-state index is 12.0. The largest absolute Gasteiger partial charge is 0.340 e. The molecule has 1 heterocycles. The molecular formula is C14H18ClN3O. The van der Waals surface area contributed by atoms with E-state index in [4.69, 9.17) is 11.6 Å². The van der Waals surface area contributed by atoms with Crippen LogP contribution in [0.1, 0.15) is 18.4 Å². The standard InChI is InChI=1S/C14H18ClN3O/c15-8-4-5-9-17-10-11-18(14(17)19)16-12-13-6-2-1-3-7-13/h1-3,6-7,12H,4-5,8-11H2. The second-order valence-corrected chi connectivity index (χ2v) is 4.82. The van der Waals surface area contributed by atoms with Crippen LogP contribution in [0, 0.1) is 0 Å². The van der Waals surface area contributed by atoms with E-state index in [2.05, 4.69) is 5.10 Å². The van der Waals surface area contributed by atoms with E-state index in [1.807, 2.05) is 35.2 Å². The number of unbranched alkanes of at least 4 members (excludes halogenated alkanes) is 1. The van der Waals surface area contributed by atoms with Crippen LogP contribution >= 0.6 is 11.6 Å². The summed E-state index contributed by atoms with van der Waals surface area (Å²) in [6.45, 7) is 2.17. The highest BCUT2D eigenvalue weighted by Crippen LogP contribution is 2.10. The highest BCUT2D eigenvalue weighted by molar-refractivity contribution is 6.17. The van der Waals surface area contributed by atoms with Crippen LogP contribution in [-0.4, -0.2) is 47.7 Å². The average molecular weight is 280 g/mol. The van der Waals surface area contributed by atoms with E-state index in [0.717, 1.165) is 31.5 Å². The zero-order chi connectivity index (χ0) is 13.5. The number of hydrogen-bond donors (Lipinski definition) is 0. The van der Waals surface area contributed by atoms with Crippen LogP contribution in [0.2, 0.25) is 0 Å². The monoisotopic (exact) mass is 279 g/mol. The van der Waals surface area contributed by atoms with Gasteiger partial charge in [0.15, 0.2) is 0 Å². The van der Waals surface area contributed by atoms with E-state index >= 15 is 0 Å². The van der Waals surface area contributed by atoms with Crippen molar-refractivity contribution in [2.45, 2.75) is 12.8 Å². The third-order valence-electron chi connectivity index (χ3n) is 3.03. The fraction of sp³-hybridized carbons (Fsp3) is 0.429. The second kappa shape index (κ2) is 7.14. The first kappa shape index (κ1) is 13.9. The quantitative estimate of drug-likeness (QED) is 0.448. The van der Waals surface area contributed by atoms with Gasteiger partial charge in [-0.1, -0.05) is 30.3 Å². The van der Waals surface area contributed by atoms with Crippen LogP contribution < -0.4 is 0 Å². The molecule has 1 fully saturated rings. The Morgan fingerprint density at radius 2 is 2.00 bits per heavy atom. The Labute approximate surface area is 118 Å². The summed E-state index contributed by atoms with van der Waals surface area (Å²) in [5.41, 5.74) is 0.996.